The maximum Gasteiger partial charge on any atom is 0.402 e. The van der Waals surface area contributed by atoms with Gasteiger partial charge >= 0.3 is 6.18 Å². The molecule has 19 heavy (non-hydrogen) atoms. The number of aliphatic hydroxyl groups excluding tert-OH is 1. The van der Waals surface area contributed by atoms with Crippen LogP contribution < -0.4 is 0 Å². The maximum atomic E-state index is 12.4. The number of aromatic amines is 1. The van der Waals surface area contributed by atoms with Gasteiger partial charge in [-0.3, -0.25) is 5.10 Å². The summed E-state index contributed by atoms with van der Waals surface area (Å²) in [6, 6.07) is 0. The van der Waals surface area contributed by atoms with E-state index in [0.29, 0.717) is 4.31 Å². The van der Waals surface area contributed by atoms with Gasteiger partial charge in [0.05, 0.1) is 12.8 Å². The molecule has 0 radical (unpaired) electrons. The van der Waals surface area contributed by atoms with Crippen molar-refractivity contribution < 1.29 is 26.7 Å². The Morgan fingerprint density at radius 3 is 2.58 bits per heavy atom. The molecule has 0 saturated carbocycles. The molecule has 0 aromatic carbocycles. The smallest absolute Gasteiger partial charge is 0.392 e. The summed E-state index contributed by atoms with van der Waals surface area (Å²) in [5.74, 6) is 0. The number of sulfonamides is 1. The summed E-state index contributed by atoms with van der Waals surface area (Å²) in [4.78, 5) is 0. The minimum absolute atomic E-state index is 0.0664. The van der Waals surface area contributed by atoms with Gasteiger partial charge < -0.3 is 5.11 Å². The van der Waals surface area contributed by atoms with Crippen molar-refractivity contribution in [3.05, 3.63) is 11.8 Å². The lowest BCUT2D eigenvalue weighted by Gasteiger charge is -2.22. The highest BCUT2D eigenvalue weighted by Gasteiger charge is 2.38. The highest BCUT2D eigenvalue weighted by atomic mass is 32.2. The number of rotatable bonds is 6. The third kappa shape index (κ3) is 3.91. The Labute approximate surface area is 108 Å². The Bertz CT molecular complexity index is 512. The van der Waals surface area contributed by atoms with Crippen LogP contribution in [0.1, 0.15) is 18.9 Å². The fourth-order valence-electron chi connectivity index (χ4n) is 1.50. The predicted octanol–water partition coefficient (Wildman–Crippen LogP) is 0.865. The fraction of sp³-hybridized carbons (Fsp3) is 0.667. The molecule has 6 nitrogen and oxygen atoms in total. The van der Waals surface area contributed by atoms with E-state index < -0.39 is 34.4 Å². The van der Waals surface area contributed by atoms with Crippen molar-refractivity contribution in [2.45, 2.75) is 31.2 Å². The molecule has 0 amide bonds. The van der Waals surface area contributed by atoms with Crippen LogP contribution in [0.3, 0.4) is 0 Å². The monoisotopic (exact) mass is 301 g/mol. The highest BCUT2D eigenvalue weighted by molar-refractivity contribution is 7.89. The standard InChI is InChI=1S/C9H14F3N3O3S/c1-2-3-15(6-9(10,11)12)19(17,18)8-7(5-16)4-13-14-8/h4,16H,2-3,5-6H2,1H3,(H,13,14). The lowest BCUT2D eigenvalue weighted by Crippen LogP contribution is -2.39. The number of hydrogen-bond acceptors (Lipinski definition) is 4. The molecule has 1 heterocycles. The van der Waals surface area contributed by atoms with Crippen LogP contribution in [0.2, 0.25) is 0 Å². The molecular formula is C9H14F3N3O3S. The first-order valence-corrected chi connectivity index (χ1v) is 6.86. The van der Waals surface area contributed by atoms with Gasteiger partial charge in [0, 0.05) is 12.1 Å². The quantitative estimate of drug-likeness (QED) is 0.816. The van der Waals surface area contributed by atoms with Gasteiger partial charge in [-0.15, -0.1) is 0 Å². The lowest BCUT2D eigenvalue weighted by molar-refractivity contribution is -0.136. The van der Waals surface area contributed by atoms with Crippen LogP contribution in [-0.4, -0.2) is 47.3 Å². The number of aromatic nitrogens is 2. The lowest BCUT2D eigenvalue weighted by atomic mass is 10.4. The first-order chi connectivity index (χ1) is 8.72. The van der Waals surface area contributed by atoms with Gasteiger partial charge in [0.25, 0.3) is 10.0 Å². The second-order valence-corrected chi connectivity index (χ2v) is 5.71. The van der Waals surface area contributed by atoms with Gasteiger partial charge in [-0.05, 0) is 6.42 Å². The van der Waals surface area contributed by atoms with Crippen molar-refractivity contribution in [3.63, 3.8) is 0 Å². The minimum Gasteiger partial charge on any atom is -0.392 e. The van der Waals surface area contributed by atoms with Gasteiger partial charge in [-0.2, -0.15) is 22.6 Å². The number of alkyl halides is 3. The normalized spacial score (nSPS) is 13.2. The summed E-state index contributed by atoms with van der Waals surface area (Å²) < 4.78 is 61.7. The van der Waals surface area contributed by atoms with Crippen LogP contribution >= 0.6 is 0 Å². The number of nitrogens with one attached hydrogen (secondary N) is 1. The molecule has 110 valence electrons. The van der Waals surface area contributed by atoms with Gasteiger partial charge in [0.2, 0.25) is 0 Å². The van der Waals surface area contributed by atoms with Gasteiger partial charge in [0.1, 0.15) is 6.54 Å². The molecule has 0 fully saturated rings. The Hall–Kier alpha value is -1.13. The first kappa shape index (κ1) is 15.9. The molecule has 0 unspecified atom stereocenters. The Morgan fingerprint density at radius 2 is 2.11 bits per heavy atom. The molecule has 0 saturated heterocycles. The van der Waals surface area contributed by atoms with E-state index in [4.69, 9.17) is 5.11 Å². The topological polar surface area (TPSA) is 86.3 Å². The van der Waals surface area contributed by atoms with E-state index in [1.165, 1.54) is 0 Å². The van der Waals surface area contributed by atoms with E-state index >= 15 is 0 Å². The van der Waals surface area contributed by atoms with Crippen molar-refractivity contribution in [2.24, 2.45) is 0 Å². The number of nitrogens with zero attached hydrogens (tertiary/aromatic N) is 2. The van der Waals surface area contributed by atoms with Crippen molar-refractivity contribution in [1.82, 2.24) is 14.5 Å². The molecule has 1 aromatic heterocycles. The number of hydrogen-bond donors (Lipinski definition) is 2. The largest absolute Gasteiger partial charge is 0.402 e. The van der Waals surface area contributed by atoms with Gasteiger partial charge in [-0.1, -0.05) is 6.92 Å². The molecule has 1 rings (SSSR count). The average Bonchev–Trinajstić information content (AvgIpc) is 2.75. The van der Waals surface area contributed by atoms with Crippen molar-refractivity contribution in [1.29, 1.82) is 0 Å². The zero-order valence-electron chi connectivity index (χ0n) is 10.1. The summed E-state index contributed by atoms with van der Waals surface area (Å²) in [5, 5.41) is 14.0. The van der Waals surface area contributed by atoms with Crippen LogP contribution in [0.25, 0.3) is 0 Å². The molecule has 0 aliphatic rings. The molecule has 0 spiro atoms. The van der Waals surface area contributed by atoms with Crippen LogP contribution in [0.5, 0.6) is 0 Å². The molecule has 1 aromatic rings. The SMILES string of the molecule is CCCN(CC(F)(F)F)S(=O)(=O)c1[nH]ncc1CO. The third-order valence-electron chi connectivity index (χ3n) is 2.27. The Balaban J connectivity index is 3.13. The van der Waals surface area contributed by atoms with E-state index in [2.05, 4.69) is 10.2 Å². The van der Waals surface area contributed by atoms with Crippen molar-refractivity contribution >= 4 is 10.0 Å². The molecule has 0 atom stereocenters. The van der Waals surface area contributed by atoms with Crippen molar-refractivity contribution in [3.8, 4) is 0 Å². The van der Waals surface area contributed by atoms with Crippen LogP contribution in [-0.2, 0) is 16.6 Å². The van der Waals surface area contributed by atoms with Crippen LogP contribution in [0, 0.1) is 0 Å². The van der Waals surface area contributed by atoms with E-state index in [0.717, 1.165) is 6.20 Å². The first-order valence-electron chi connectivity index (χ1n) is 5.42. The zero-order chi connectivity index (χ0) is 14.7. The van der Waals surface area contributed by atoms with E-state index in [1.54, 1.807) is 6.92 Å². The summed E-state index contributed by atoms with van der Waals surface area (Å²) in [5.41, 5.74) is -0.0664. The summed E-state index contributed by atoms with van der Waals surface area (Å²) in [6.45, 7) is -0.908. The zero-order valence-corrected chi connectivity index (χ0v) is 10.9. The molecule has 10 heteroatoms. The predicted molar refractivity (Wildman–Crippen MR) is 59.6 cm³/mol. The molecule has 0 bridgehead atoms. The molecular weight excluding hydrogens is 287 g/mol. The van der Waals surface area contributed by atoms with E-state index in [9.17, 15) is 21.6 Å². The molecule has 0 aliphatic carbocycles. The average molecular weight is 301 g/mol. The van der Waals surface area contributed by atoms with Crippen LogP contribution in [0.15, 0.2) is 11.2 Å². The second kappa shape index (κ2) is 5.88. The summed E-state index contributed by atoms with van der Waals surface area (Å²) in [7, 11) is -4.36. The van der Waals surface area contributed by atoms with Gasteiger partial charge in [-0.25, -0.2) is 8.42 Å². The highest BCUT2D eigenvalue weighted by Crippen LogP contribution is 2.23. The molecule has 2 N–H and O–H groups in total. The van der Waals surface area contributed by atoms with Crippen LogP contribution in [0.4, 0.5) is 13.2 Å². The third-order valence-corrected chi connectivity index (χ3v) is 4.14. The summed E-state index contributed by atoms with van der Waals surface area (Å²) in [6.07, 6.45) is -3.34. The van der Waals surface area contributed by atoms with Gasteiger partial charge in [0.15, 0.2) is 5.03 Å². The van der Waals surface area contributed by atoms with E-state index in [1.807, 2.05) is 0 Å². The summed E-state index contributed by atoms with van der Waals surface area (Å²) >= 11 is 0. The fourth-order valence-corrected chi connectivity index (χ4v) is 3.11. The number of halogens is 3. The van der Waals surface area contributed by atoms with Crippen molar-refractivity contribution in [2.75, 3.05) is 13.1 Å². The minimum atomic E-state index is -4.64. The Morgan fingerprint density at radius 1 is 1.47 bits per heavy atom. The van der Waals surface area contributed by atoms with E-state index in [-0.39, 0.29) is 18.5 Å². The second-order valence-electron chi connectivity index (χ2n) is 3.84. The maximum absolute atomic E-state index is 12.4. The molecule has 0 aliphatic heterocycles. The number of H-pyrrole nitrogens is 1. The Kier molecular flexibility index (Phi) is 4.93. The number of aliphatic hydroxyl groups is 1.